The van der Waals surface area contributed by atoms with Crippen LogP contribution in [0.2, 0.25) is 0 Å². The smallest absolute Gasteiger partial charge is 0.271 e. The van der Waals surface area contributed by atoms with Crippen LogP contribution in [0, 0.1) is 5.82 Å². The van der Waals surface area contributed by atoms with Gasteiger partial charge in [-0.05, 0) is 36.4 Å². The van der Waals surface area contributed by atoms with Gasteiger partial charge in [-0.2, -0.15) is 0 Å². The molecule has 0 saturated heterocycles. The van der Waals surface area contributed by atoms with Gasteiger partial charge in [0, 0.05) is 0 Å². The lowest BCUT2D eigenvalue weighted by atomic mass is 10.2. The largest absolute Gasteiger partial charge is 0.298 e. The van der Waals surface area contributed by atoms with E-state index in [1.54, 1.807) is 12.1 Å². The average molecular weight is 323 g/mol. The van der Waals surface area contributed by atoms with Gasteiger partial charge in [-0.1, -0.05) is 12.1 Å². The van der Waals surface area contributed by atoms with E-state index in [9.17, 15) is 17.6 Å². The van der Waals surface area contributed by atoms with Crippen molar-refractivity contribution in [3.8, 4) is 0 Å². The van der Waals surface area contributed by atoms with Gasteiger partial charge >= 0.3 is 0 Å². The fraction of sp³-hybridized carbons (Fsp3) is 0.0714. The van der Waals surface area contributed by atoms with Gasteiger partial charge in [0.1, 0.15) is 5.82 Å². The van der Waals surface area contributed by atoms with Crippen molar-refractivity contribution in [1.82, 2.24) is 5.43 Å². The number of halogens is 1. The summed E-state index contributed by atoms with van der Waals surface area (Å²) in [6.07, 6.45) is 0.998. The van der Waals surface area contributed by atoms with Gasteiger partial charge in [0.25, 0.3) is 5.91 Å². The topological polar surface area (TPSA) is 87.3 Å². The monoisotopic (exact) mass is 323 g/mol. The zero-order valence-electron chi connectivity index (χ0n) is 11.6. The molecule has 2 rings (SSSR count). The summed E-state index contributed by atoms with van der Waals surface area (Å²) in [5.41, 5.74) is 5.85. The van der Waals surface area contributed by atoms with E-state index in [2.05, 4.69) is 15.6 Å². The summed E-state index contributed by atoms with van der Waals surface area (Å²) >= 11 is 0. The molecule has 2 aromatic carbocycles. The summed E-state index contributed by atoms with van der Waals surface area (Å²) in [6.45, 7) is 0. The summed E-state index contributed by atoms with van der Waals surface area (Å²) < 4.78 is 37.6. The average Bonchev–Trinajstić information content (AvgIpc) is 2.45. The van der Waals surface area contributed by atoms with Crippen molar-refractivity contribution in [1.29, 1.82) is 0 Å². The SMILES string of the molecule is CS(=O)(=O)Nc1ccccc1C(=O)NNc1ccc(F)cc1. The highest BCUT2D eigenvalue weighted by Crippen LogP contribution is 2.16. The van der Waals surface area contributed by atoms with Crippen molar-refractivity contribution < 1.29 is 17.6 Å². The summed E-state index contributed by atoms with van der Waals surface area (Å²) in [5, 5.41) is 0. The molecule has 0 aromatic heterocycles. The molecule has 6 nitrogen and oxygen atoms in total. The lowest BCUT2D eigenvalue weighted by molar-refractivity contribution is 0.0963. The quantitative estimate of drug-likeness (QED) is 0.734. The van der Waals surface area contributed by atoms with Gasteiger partial charge in [-0.15, -0.1) is 0 Å². The minimum atomic E-state index is -3.50. The van der Waals surface area contributed by atoms with Crippen LogP contribution in [-0.4, -0.2) is 20.6 Å². The number of carbonyl (C=O) groups excluding carboxylic acids is 1. The zero-order chi connectivity index (χ0) is 16.2. The molecule has 1 amide bonds. The highest BCUT2D eigenvalue weighted by Gasteiger charge is 2.13. The Balaban J connectivity index is 2.11. The van der Waals surface area contributed by atoms with Crippen LogP contribution >= 0.6 is 0 Å². The van der Waals surface area contributed by atoms with Gasteiger partial charge in [0.2, 0.25) is 10.0 Å². The van der Waals surface area contributed by atoms with Crippen molar-refractivity contribution >= 4 is 27.3 Å². The number of benzene rings is 2. The van der Waals surface area contributed by atoms with Crippen LogP contribution in [0.25, 0.3) is 0 Å². The third kappa shape index (κ3) is 4.45. The van der Waals surface area contributed by atoms with E-state index in [-0.39, 0.29) is 17.1 Å². The highest BCUT2D eigenvalue weighted by molar-refractivity contribution is 7.92. The summed E-state index contributed by atoms with van der Waals surface area (Å²) in [6, 6.07) is 11.6. The second-order valence-electron chi connectivity index (χ2n) is 4.51. The Bertz CT molecular complexity index is 776. The summed E-state index contributed by atoms with van der Waals surface area (Å²) in [5.74, 6) is -0.921. The first-order chi connectivity index (χ1) is 10.3. The highest BCUT2D eigenvalue weighted by atomic mass is 32.2. The zero-order valence-corrected chi connectivity index (χ0v) is 12.4. The number of nitrogens with one attached hydrogen (secondary N) is 3. The van der Waals surface area contributed by atoms with Crippen molar-refractivity contribution in [3.63, 3.8) is 0 Å². The number of anilines is 2. The number of hydrazine groups is 1. The molecule has 0 saturated carbocycles. The van der Waals surface area contributed by atoms with Crippen molar-refractivity contribution in [2.24, 2.45) is 0 Å². The van der Waals surface area contributed by atoms with Crippen LogP contribution in [0.15, 0.2) is 48.5 Å². The predicted molar refractivity (Wildman–Crippen MR) is 82.4 cm³/mol. The molecule has 0 aliphatic rings. The molecule has 0 bridgehead atoms. The molecule has 0 unspecified atom stereocenters. The number of sulfonamides is 1. The molecular weight excluding hydrogens is 309 g/mol. The molecule has 0 aliphatic heterocycles. The Morgan fingerprint density at radius 1 is 1.05 bits per heavy atom. The minimum Gasteiger partial charge on any atom is -0.298 e. The molecule has 0 spiro atoms. The number of para-hydroxylation sites is 1. The molecule has 0 radical (unpaired) electrons. The molecule has 0 fully saturated rings. The normalized spacial score (nSPS) is 10.8. The van der Waals surface area contributed by atoms with Crippen LogP contribution in [0.5, 0.6) is 0 Å². The van der Waals surface area contributed by atoms with E-state index >= 15 is 0 Å². The van der Waals surface area contributed by atoms with E-state index in [1.165, 1.54) is 36.4 Å². The molecule has 0 aliphatic carbocycles. The third-order valence-corrected chi connectivity index (χ3v) is 3.22. The maximum atomic E-state index is 12.8. The summed E-state index contributed by atoms with van der Waals surface area (Å²) in [7, 11) is -3.50. The van der Waals surface area contributed by atoms with E-state index in [0.717, 1.165) is 6.26 Å². The van der Waals surface area contributed by atoms with Crippen molar-refractivity contribution in [2.45, 2.75) is 0 Å². The summed E-state index contributed by atoms with van der Waals surface area (Å²) in [4.78, 5) is 12.1. The number of rotatable bonds is 5. The molecule has 2 aromatic rings. The third-order valence-electron chi connectivity index (χ3n) is 2.63. The van der Waals surface area contributed by atoms with E-state index in [0.29, 0.717) is 5.69 Å². The molecule has 0 heterocycles. The van der Waals surface area contributed by atoms with Gasteiger partial charge in [0.15, 0.2) is 0 Å². The fourth-order valence-electron chi connectivity index (χ4n) is 1.70. The standard InChI is InChI=1S/C14H14FN3O3S/c1-22(20,21)18-13-5-3-2-4-12(13)14(19)17-16-11-8-6-10(15)7-9-11/h2-9,16,18H,1H3,(H,17,19). The number of hydrogen-bond donors (Lipinski definition) is 3. The first-order valence-corrected chi connectivity index (χ1v) is 8.13. The maximum absolute atomic E-state index is 12.8. The van der Waals surface area contributed by atoms with Crippen molar-refractivity contribution in [3.05, 3.63) is 59.9 Å². The van der Waals surface area contributed by atoms with E-state index < -0.39 is 15.9 Å². The Hall–Kier alpha value is -2.61. The molecule has 0 atom stereocenters. The second kappa shape index (κ2) is 6.44. The molecule has 116 valence electrons. The van der Waals surface area contributed by atoms with Crippen LogP contribution in [0.4, 0.5) is 15.8 Å². The fourth-order valence-corrected chi connectivity index (χ4v) is 2.28. The first-order valence-electron chi connectivity index (χ1n) is 6.24. The van der Waals surface area contributed by atoms with Gasteiger partial charge in [-0.3, -0.25) is 20.4 Å². The number of amides is 1. The number of carbonyl (C=O) groups is 1. The number of hydrogen-bond acceptors (Lipinski definition) is 4. The van der Waals surface area contributed by atoms with Gasteiger partial charge < -0.3 is 0 Å². The van der Waals surface area contributed by atoms with E-state index in [1.807, 2.05) is 0 Å². The lowest BCUT2D eigenvalue weighted by Gasteiger charge is -2.12. The van der Waals surface area contributed by atoms with Crippen LogP contribution < -0.4 is 15.6 Å². The molecule has 22 heavy (non-hydrogen) atoms. The van der Waals surface area contributed by atoms with Crippen molar-refractivity contribution in [2.75, 3.05) is 16.4 Å². The minimum absolute atomic E-state index is 0.155. The Morgan fingerprint density at radius 3 is 2.32 bits per heavy atom. The molecular formula is C14H14FN3O3S. The van der Waals surface area contributed by atoms with Gasteiger partial charge in [0.05, 0.1) is 23.2 Å². The Morgan fingerprint density at radius 2 is 1.68 bits per heavy atom. The van der Waals surface area contributed by atoms with Crippen LogP contribution in [-0.2, 0) is 10.0 Å². The van der Waals surface area contributed by atoms with Crippen LogP contribution in [0.1, 0.15) is 10.4 Å². The molecule has 8 heteroatoms. The maximum Gasteiger partial charge on any atom is 0.271 e. The predicted octanol–water partition coefficient (Wildman–Crippen LogP) is 1.95. The molecule has 3 N–H and O–H groups in total. The van der Waals surface area contributed by atoms with Gasteiger partial charge in [-0.25, -0.2) is 12.8 Å². The van der Waals surface area contributed by atoms with E-state index in [4.69, 9.17) is 0 Å². The Kier molecular flexibility index (Phi) is 4.62. The Labute approximate surface area is 127 Å². The van der Waals surface area contributed by atoms with Crippen LogP contribution in [0.3, 0.4) is 0 Å². The lowest BCUT2D eigenvalue weighted by Crippen LogP contribution is -2.30. The first kappa shape index (κ1) is 15.8. The second-order valence-corrected chi connectivity index (χ2v) is 6.25.